The van der Waals surface area contributed by atoms with Crippen molar-refractivity contribution in [3.8, 4) is 17.2 Å². The monoisotopic (exact) mass is 271 g/mol. The molecular weight excluding hydrogens is 254 g/mol. The van der Waals surface area contributed by atoms with Gasteiger partial charge in [-0.05, 0) is 36.8 Å². The zero-order chi connectivity index (χ0) is 13.9. The highest BCUT2D eigenvalue weighted by molar-refractivity contribution is 5.56. The van der Waals surface area contributed by atoms with E-state index in [0.717, 1.165) is 22.7 Å². The van der Waals surface area contributed by atoms with Gasteiger partial charge >= 0.3 is 0 Å². The zero-order valence-electron chi connectivity index (χ0n) is 11.3. The molecule has 0 fully saturated rings. The van der Waals surface area contributed by atoms with Gasteiger partial charge in [0.2, 0.25) is 0 Å². The van der Waals surface area contributed by atoms with Crippen LogP contribution in [0.1, 0.15) is 18.5 Å². The van der Waals surface area contributed by atoms with Crippen LogP contribution in [-0.2, 0) is 0 Å². The van der Waals surface area contributed by atoms with Crippen LogP contribution in [0.2, 0.25) is 0 Å². The summed E-state index contributed by atoms with van der Waals surface area (Å²) < 4.78 is 11.1. The van der Waals surface area contributed by atoms with E-state index in [-0.39, 0.29) is 11.8 Å². The molecule has 0 radical (unpaired) electrons. The second kappa shape index (κ2) is 5.33. The normalized spacial score (nSPS) is 14.7. The first-order valence-corrected chi connectivity index (χ1v) is 6.67. The highest BCUT2D eigenvalue weighted by Crippen LogP contribution is 2.33. The van der Waals surface area contributed by atoms with Crippen LogP contribution in [0.4, 0.5) is 5.69 Å². The molecule has 0 saturated carbocycles. The number of phenols is 1. The molecule has 20 heavy (non-hydrogen) atoms. The van der Waals surface area contributed by atoms with Gasteiger partial charge in [0.1, 0.15) is 19.0 Å². The lowest BCUT2D eigenvalue weighted by Crippen LogP contribution is -2.15. The predicted octanol–water partition coefficient (Wildman–Crippen LogP) is 3.34. The van der Waals surface area contributed by atoms with Gasteiger partial charge in [0.25, 0.3) is 0 Å². The van der Waals surface area contributed by atoms with Gasteiger partial charge in [-0.1, -0.05) is 12.1 Å². The SMILES string of the molecule is CC(Nc1ccc2c(c1)OCCO2)c1ccc(O)cc1. The number of benzene rings is 2. The summed E-state index contributed by atoms with van der Waals surface area (Å²) >= 11 is 0. The van der Waals surface area contributed by atoms with Crippen molar-refractivity contribution in [3.05, 3.63) is 48.0 Å². The minimum Gasteiger partial charge on any atom is -0.508 e. The minimum atomic E-state index is 0.137. The molecule has 2 N–H and O–H groups in total. The number of rotatable bonds is 3. The summed E-state index contributed by atoms with van der Waals surface area (Å²) in [6, 6.07) is 13.2. The summed E-state index contributed by atoms with van der Waals surface area (Å²) in [5.74, 6) is 1.85. The maximum absolute atomic E-state index is 9.31. The van der Waals surface area contributed by atoms with E-state index in [4.69, 9.17) is 9.47 Å². The second-order valence-electron chi connectivity index (χ2n) is 4.82. The Hall–Kier alpha value is -2.36. The molecule has 2 aromatic rings. The Morgan fingerprint density at radius 3 is 2.45 bits per heavy atom. The molecule has 0 amide bonds. The minimum absolute atomic E-state index is 0.137. The predicted molar refractivity (Wildman–Crippen MR) is 77.6 cm³/mol. The topological polar surface area (TPSA) is 50.7 Å². The van der Waals surface area contributed by atoms with E-state index < -0.39 is 0 Å². The number of phenolic OH excluding ortho intramolecular Hbond substituents is 1. The smallest absolute Gasteiger partial charge is 0.163 e. The molecule has 1 heterocycles. The van der Waals surface area contributed by atoms with Crippen molar-refractivity contribution < 1.29 is 14.6 Å². The maximum Gasteiger partial charge on any atom is 0.163 e. The van der Waals surface area contributed by atoms with Crippen LogP contribution in [0.25, 0.3) is 0 Å². The first-order valence-electron chi connectivity index (χ1n) is 6.67. The van der Waals surface area contributed by atoms with Crippen LogP contribution in [0, 0.1) is 0 Å². The number of aromatic hydroxyl groups is 1. The Kier molecular flexibility index (Phi) is 3.37. The summed E-state index contributed by atoms with van der Waals surface area (Å²) in [5, 5.41) is 12.7. The number of fused-ring (bicyclic) bond motifs is 1. The summed E-state index contributed by atoms with van der Waals surface area (Å²) in [6.45, 7) is 3.26. The Morgan fingerprint density at radius 1 is 1.00 bits per heavy atom. The molecule has 1 unspecified atom stereocenters. The summed E-state index contributed by atoms with van der Waals surface area (Å²) in [5.41, 5.74) is 2.09. The molecule has 1 aliphatic rings. The lowest BCUT2D eigenvalue weighted by atomic mass is 10.1. The molecule has 4 nitrogen and oxygen atoms in total. The van der Waals surface area contributed by atoms with Crippen molar-refractivity contribution in [1.29, 1.82) is 0 Å². The summed E-state index contributed by atoms with van der Waals surface area (Å²) in [6.07, 6.45) is 0. The van der Waals surface area contributed by atoms with Gasteiger partial charge in [0.05, 0.1) is 0 Å². The van der Waals surface area contributed by atoms with Gasteiger partial charge in [-0.15, -0.1) is 0 Å². The van der Waals surface area contributed by atoms with Crippen LogP contribution in [0.15, 0.2) is 42.5 Å². The van der Waals surface area contributed by atoms with Crippen molar-refractivity contribution >= 4 is 5.69 Å². The number of hydrogen-bond acceptors (Lipinski definition) is 4. The number of nitrogens with one attached hydrogen (secondary N) is 1. The van der Waals surface area contributed by atoms with E-state index in [1.807, 2.05) is 30.3 Å². The molecule has 0 aliphatic carbocycles. The number of hydrogen-bond donors (Lipinski definition) is 2. The number of ether oxygens (including phenoxy) is 2. The molecule has 4 heteroatoms. The standard InChI is InChI=1S/C16H17NO3/c1-11(12-2-5-14(18)6-3-12)17-13-4-7-15-16(10-13)20-9-8-19-15/h2-7,10-11,17-18H,8-9H2,1H3. The number of anilines is 1. The lowest BCUT2D eigenvalue weighted by molar-refractivity contribution is 0.171. The molecule has 1 atom stereocenters. The largest absolute Gasteiger partial charge is 0.508 e. The van der Waals surface area contributed by atoms with Gasteiger partial charge in [0.15, 0.2) is 11.5 Å². The average molecular weight is 271 g/mol. The third kappa shape index (κ3) is 2.64. The molecule has 104 valence electrons. The van der Waals surface area contributed by atoms with E-state index in [2.05, 4.69) is 12.2 Å². The fourth-order valence-electron chi connectivity index (χ4n) is 2.23. The van der Waals surface area contributed by atoms with Crippen LogP contribution >= 0.6 is 0 Å². The van der Waals surface area contributed by atoms with Crippen molar-refractivity contribution in [1.82, 2.24) is 0 Å². The fourth-order valence-corrected chi connectivity index (χ4v) is 2.23. The Bertz CT molecular complexity index is 595. The van der Waals surface area contributed by atoms with E-state index >= 15 is 0 Å². The van der Waals surface area contributed by atoms with Gasteiger partial charge < -0.3 is 19.9 Å². The van der Waals surface area contributed by atoms with Gasteiger partial charge in [-0.3, -0.25) is 0 Å². The lowest BCUT2D eigenvalue weighted by Gasteiger charge is -2.21. The highest BCUT2D eigenvalue weighted by atomic mass is 16.6. The Morgan fingerprint density at radius 2 is 1.70 bits per heavy atom. The van der Waals surface area contributed by atoms with E-state index in [9.17, 15) is 5.11 Å². The average Bonchev–Trinajstić information content (AvgIpc) is 2.48. The van der Waals surface area contributed by atoms with Gasteiger partial charge in [-0.2, -0.15) is 0 Å². The maximum atomic E-state index is 9.31. The molecule has 3 rings (SSSR count). The fraction of sp³-hybridized carbons (Fsp3) is 0.250. The first kappa shape index (κ1) is 12.7. The quantitative estimate of drug-likeness (QED) is 0.899. The van der Waals surface area contributed by atoms with E-state index in [1.54, 1.807) is 12.1 Å². The van der Waals surface area contributed by atoms with Crippen LogP contribution < -0.4 is 14.8 Å². The van der Waals surface area contributed by atoms with Crippen LogP contribution in [-0.4, -0.2) is 18.3 Å². The molecular formula is C16H17NO3. The van der Waals surface area contributed by atoms with Crippen molar-refractivity contribution in [2.75, 3.05) is 18.5 Å². The molecule has 0 bridgehead atoms. The molecule has 1 aliphatic heterocycles. The van der Waals surface area contributed by atoms with Gasteiger partial charge in [0, 0.05) is 17.8 Å². The molecule has 0 saturated heterocycles. The second-order valence-corrected chi connectivity index (χ2v) is 4.82. The summed E-state index contributed by atoms with van der Waals surface area (Å²) in [7, 11) is 0. The first-order chi connectivity index (χ1) is 9.72. The third-order valence-corrected chi connectivity index (χ3v) is 3.32. The Balaban J connectivity index is 1.75. The van der Waals surface area contributed by atoms with E-state index in [1.165, 1.54) is 0 Å². The zero-order valence-corrected chi connectivity index (χ0v) is 11.3. The summed E-state index contributed by atoms with van der Waals surface area (Å²) in [4.78, 5) is 0. The van der Waals surface area contributed by atoms with Crippen LogP contribution in [0.5, 0.6) is 17.2 Å². The van der Waals surface area contributed by atoms with Crippen molar-refractivity contribution in [3.63, 3.8) is 0 Å². The van der Waals surface area contributed by atoms with Crippen molar-refractivity contribution in [2.24, 2.45) is 0 Å². The van der Waals surface area contributed by atoms with Crippen LogP contribution in [0.3, 0.4) is 0 Å². The van der Waals surface area contributed by atoms with Crippen molar-refractivity contribution in [2.45, 2.75) is 13.0 Å². The third-order valence-electron chi connectivity index (χ3n) is 3.32. The van der Waals surface area contributed by atoms with E-state index in [0.29, 0.717) is 13.2 Å². The van der Waals surface area contributed by atoms with Gasteiger partial charge in [-0.25, -0.2) is 0 Å². The molecule has 0 aromatic heterocycles. The Labute approximate surface area is 118 Å². The highest BCUT2D eigenvalue weighted by Gasteiger charge is 2.13. The molecule has 2 aromatic carbocycles. The molecule has 0 spiro atoms.